The molecule has 0 aromatic heterocycles. The van der Waals surface area contributed by atoms with E-state index in [4.69, 9.17) is 10.4 Å². The maximum Gasteiger partial charge on any atom is 0.303 e. The van der Waals surface area contributed by atoms with Crippen LogP contribution >= 0.6 is 0 Å². The summed E-state index contributed by atoms with van der Waals surface area (Å²) in [6, 6.07) is 1.74. The van der Waals surface area contributed by atoms with Gasteiger partial charge in [0.1, 0.15) is 6.42 Å². The number of carbonyl (C=O) groups excluding carboxylic acids is 1. The van der Waals surface area contributed by atoms with Gasteiger partial charge in [0.25, 0.3) is 0 Å². The highest BCUT2D eigenvalue weighted by Gasteiger charge is 1.99. The number of carbonyl (C=O) groups is 2. The van der Waals surface area contributed by atoms with E-state index in [1.807, 2.05) is 0 Å². The van der Waals surface area contributed by atoms with Gasteiger partial charge in [0.2, 0.25) is 5.91 Å². The molecule has 0 aromatic rings. The van der Waals surface area contributed by atoms with Crippen LogP contribution in [0.15, 0.2) is 0 Å². The summed E-state index contributed by atoms with van der Waals surface area (Å²) in [6.45, 7) is 0.514. The Kier molecular flexibility index (Phi) is 7.15. The van der Waals surface area contributed by atoms with Crippen molar-refractivity contribution >= 4 is 11.9 Å². The van der Waals surface area contributed by atoms with Gasteiger partial charge in [0.05, 0.1) is 6.07 Å². The molecule has 0 radical (unpaired) electrons. The van der Waals surface area contributed by atoms with Crippen molar-refractivity contribution in [1.29, 1.82) is 5.26 Å². The van der Waals surface area contributed by atoms with Crippen LogP contribution in [0.5, 0.6) is 0 Å². The number of carboxylic acids is 1. The SMILES string of the molecule is N#CCC(=O)NCCCCCC(=O)O. The molecule has 0 spiro atoms. The average Bonchev–Trinajstić information content (AvgIpc) is 2.11. The van der Waals surface area contributed by atoms with Crippen molar-refractivity contribution in [2.75, 3.05) is 6.54 Å². The molecule has 0 unspecified atom stereocenters. The first-order chi connectivity index (χ1) is 6.66. The summed E-state index contributed by atoms with van der Waals surface area (Å²) in [5.74, 6) is -1.07. The molecule has 0 aliphatic heterocycles. The van der Waals surface area contributed by atoms with E-state index in [-0.39, 0.29) is 18.7 Å². The van der Waals surface area contributed by atoms with Crippen LogP contribution in [0, 0.1) is 11.3 Å². The lowest BCUT2D eigenvalue weighted by Gasteiger charge is -2.01. The molecule has 0 atom stereocenters. The highest BCUT2D eigenvalue weighted by Crippen LogP contribution is 1.98. The second kappa shape index (κ2) is 8.05. The summed E-state index contributed by atoms with van der Waals surface area (Å²) in [5, 5.41) is 19.0. The van der Waals surface area contributed by atoms with Crippen molar-refractivity contribution in [2.45, 2.75) is 32.1 Å². The highest BCUT2D eigenvalue weighted by molar-refractivity contribution is 5.77. The van der Waals surface area contributed by atoms with E-state index in [0.29, 0.717) is 13.0 Å². The largest absolute Gasteiger partial charge is 0.481 e. The fourth-order valence-corrected chi connectivity index (χ4v) is 0.940. The summed E-state index contributed by atoms with van der Waals surface area (Å²) in [6.07, 6.45) is 2.22. The third-order valence-corrected chi connectivity index (χ3v) is 1.63. The van der Waals surface area contributed by atoms with E-state index in [0.717, 1.165) is 12.8 Å². The van der Waals surface area contributed by atoms with E-state index < -0.39 is 5.97 Å². The number of amides is 1. The van der Waals surface area contributed by atoms with Crippen molar-refractivity contribution < 1.29 is 14.7 Å². The Morgan fingerprint density at radius 1 is 1.29 bits per heavy atom. The molecule has 5 heteroatoms. The Labute approximate surface area is 82.7 Å². The Morgan fingerprint density at radius 3 is 2.57 bits per heavy atom. The quantitative estimate of drug-likeness (QED) is 0.588. The first kappa shape index (κ1) is 12.4. The molecule has 0 rings (SSSR count). The first-order valence-electron chi connectivity index (χ1n) is 4.52. The van der Waals surface area contributed by atoms with Crippen molar-refractivity contribution in [3.05, 3.63) is 0 Å². The number of rotatable bonds is 7. The predicted molar refractivity (Wildman–Crippen MR) is 49.3 cm³/mol. The molecule has 78 valence electrons. The topological polar surface area (TPSA) is 90.2 Å². The number of hydrogen-bond acceptors (Lipinski definition) is 3. The lowest BCUT2D eigenvalue weighted by Crippen LogP contribution is -2.23. The zero-order chi connectivity index (χ0) is 10.8. The van der Waals surface area contributed by atoms with Crippen LogP contribution in [0.1, 0.15) is 32.1 Å². The van der Waals surface area contributed by atoms with E-state index in [9.17, 15) is 9.59 Å². The van der Waals surface area contributed by atoms with Gasteiger partial charge in [-0.15, -0.1) is 0 Å². The molecule has 1 amide bonds. The summed E-state index contributed by atoms with van der Waals surface area (Å²) in [5.41, 5.74) is 0. The van der Waals surface area contributed by atoms with E-state index in [1.54, 1.807) is 6.07 Å². The fourth-order valence-electron chi connectivity index (χ4n) is 0.940. The monoisotopic (exact) mass is 198 g/mol. The van der Waals surface area contributed by atoms with Crippen molar-refractivity contribution in [3.63, 3.8) is 0 Å². The van der Waals surface area contributed by atoms with Gasteiger partial charge in [-0.1, -0.05) is 6.42 Å². The molecule has 0 aliphatic rings. The van der Waals surface area contributed by atoms with Gasteiger partial charge in [-0.25, -0.2) is 0 Å². The van der Waals surface area contributed by atoms with Crippen molar-refractivity contribution in [3.8, 4) is 6.07 Å². The Morgan fingerprint density at radius 2 is 2.00 bits per heavy atom. The molecule has 14 heavy (non-hydrogen) atoms. The number of hydrogen-bond donors (Lipinski definition) is 2. The molecular formula is C9H14N2O3. The molecule has 0 saturated carbocycles. The van der Waals surface area contributed by atoms with Crippen LogP contribution in [-0.4, -0.2) is 23.5 Å². The molecule has 0 heterocycles. The maximum atomic E-state index is 10.8. The molecule has 5 nitrogen and oxygen atoms in total. The van der Waals surface area contributed by atoms with Crippen molar-refractivity contribution in [1.82, 2.24) is 5.32 Å². The smallest absolute Gasteiger partial charge is 0.303 e. The Balaban J connectivity index is 3.18. The number of nitrogens with zero attached hydrogens (tertiary/aromatic N) is 1. The zero-order valence-corrected chi connectivity index (χ0v) is 7.95. The summed E-state index contributed by atoms with van der Waals surface area (Å²) >= 11 is 0. The zero-order valence-electron chi connectivity index (χ0n) is 7.95. The van der Waals surface area contributed by atoms with Crippen LogP contribution in [0.25, 0.3) is 0 Å². The van der Waals surface area contributed by atoms with Gasteiger partial charge in [0.15, 0.2) is 0 Å². The van der Waals surface area contributed by atoms with Gasteiger partial charge in [0, 0.05) is 13.0 Å². The molecule has 0 saturated heterocycles. The Bertz CT molecular complexity index is 233. The summed E-state index contributed by atoms with van der Waals surface area (Å²) in [7, 11) is 0. The van der Waals surface area contributed by atoms with Crippen molar-refractivity contribution in [2.24, 2.45) is 0 Å². The van der Waals surface area contributed by atoms with E-state index in [2.05, 4.69) is 5.32 Å². The average molecular weight is 198 g/mol. The van der Waals surface area contributed by atoms with Gasteiger partial charge in [-0.2, -0.15) is 5.26 Å². The molecule has 0 aromatic carbocycles. The third kappa shape index (κ3) is 8.53. The van der Waals surface area contributed by atoms with Crippen LogP contribution < -0.4 is 5.32 Å². The molecular weight excluding hydrogens is 184 g/mol. The maximum absolute atomic E-state index is 10.8. The lowest BCUT2D eigenvalue weighted by molar-refractivity contribution is -0.137. The number of aliphatic carboxylic acids is 1. The lowest BCUT2D eigenvalue weighted by atomic mass is 10.2. The molecule has 0 bridgehead atoms. The van der Waals surface area contributed by atoms with E-state index >= 15 is 0 Å². The molecule has 0 fully saturated rings. The van der Waals surface area contributed by atoms with Crippen LogP contribution in [0.4, 0.5) is 0 Å². The standard InChI is InChI=1S/C9H14N2O3/c10-6-5-8(12)11-7-3-1-2-4-9(13)14/h1-5,7H2,(H,11,12)(H,13,14). The fraction of sp³-hybridized carbons (Fsp3) is 0.667. The normalized spacial score (nSPS) is 9.07. The van der Waals surface area contributed by atoms with Crippen LogP contribution in [-0.2, 0) is 9.59 Å². The van der Waals surface area contributed by atoms with Gasteiger partial charge in [-0.3, -0.25) is 9.59 Å². The molecule has 0 aliphatic carbocycles. The minimum Gasteiger partial charge on any atom is -0.481 e. The third-order valence-electron chi connectivity index (χ3n) is 1.63. The highest BCUT2D eigenvalue weighted by atomic mass is 16.4. The first-order valence-corrected chi connectivity index (χ1v) is 4.52. The van der Waals surface area contributed by atoms with Gasteiger partial charge in [-0.05, 0) is 12.8 Å². The number of unbranched alkanes of at least 4 members (excludes halogenated alkanes) is 2. The second-order valence-electron chi connectivity index (χ2n) is 2.89. The minimum absolute atomic E-state index is 0.116. The Hall–Kier alpha value is -1.57. The number of carboxylic acid groups (broad SMARTS) is 1. The number of nitrogens with one attached hydrogen (secondary N) is 1. The van der Waals surface area contributed by atoms with Crippen LogP contribution in [0.2, 0.25) is 0 Å². The number of nitriles is 1. The minimum atomic E-state index is -0.793. The van der Waals surface area contributed by atoms with E-state index in [1.165, 1.54) is 0 Å². The molecule has 2 N–H and O–H groups in total. The second-order valence-corrected chi connectivity index (χ2v) is 2.89. The predicted octanol–water partition coefficient (Wildman–Crippen LogP) is 0.661. The van der Waals surface area contributed by atoms with Crippen LogP contribution in [0.3, 0.4) is 0 Å². The summed E-state index contributed by atoms with van der Waals surface area (Å²) in [4.78, 5) is 20.9. The summed E-state index contributed by atoms with van der Waals surface area (Å²) < 4.78 is 0. The van der Waals surface area contributed by atoms with Gasteiger partial charge >= 0.3 is 5.97 Å². The van der Waals surface area contributed by atoms with Gasteiger partial charge < -0.3 is 10.4 Å².